The largest absolute Gasteiger partial charge is 0.507 e. The van der Waals surface area contributed by atoms with E-state index >= 15 is 0 Å². The Morgan fingerprint density at radius 3 is 2.59 bits per heavy atom. The highest BCUT2D eigenvalue weighted by Gasteiger charge is 2.33. The summed E-state index contributed by atoms with van der Waals surface area (Å²) in [7, 11) is 0. The van der Waals surface area contributed by atoms with Gasteiger partial charge in [-0.3, -0.25) is 0 Å². The molecule has 2 aromatic rings. The smallest absolute Gasteiger partial charge is 0.344 e. The summed E-state index contributed by atoms with van der Waals surface area (Å²) in [5.41, 5.74) is 2.16. The molecule has 138 valence electrons. The van der Waals surface area contributed by atoms with Crippen molar-refractivity contribution in [2.45, 2.75) is 13.8 Å². The van der Waals surface area contributed by atoms with Crippen LogP contribution in [0.25, 0.3) is 6.08 Å². The Kier molecular flexibility index (Phi) is 5.66. The summed E-state index contributed by atoms with van der Waals surface area (Å²) in [6, 6.07) is 14.4. The lowest BCUT2D eigenvalue weighted by Crippen LogP contribution is -2.12. The summed E-state index contributed by atoms with van der Waals surface area (Å²) < 4.78 is 5.07. The van der Waals surface area contributed by atoms with Gasteiger partial charge >= 0.3 is 5.97 Å². The highest BCUT2D eigenvalue weighted by Crippen LogP contribution is 2.41. The number of aliphatic hydroxyl groups excluding tert-OH is 1. The van der Waals surface area contributed by atoms with Crippen LogP contribution in [-0.4, -0.2) is 27.8 Å². The zero-order chi connectivity index (χ0) is 19.4. The van der Waals surface area contributed by atoms with Gasteiger partial charge in [-0.1, -0.05) is 42.1 Å². The van der Waals surface area contributed by atoms with Crippen LogP contribution in [-0.2, 0) is 9.53 Å². The molecule has 6 heteroatoms. The molecule has 0 fully saturated rings. The van der Waals surface area contributed by atoms with Crippen molar-refractivity contribution < 1.29 is 19.7 Å². The van der Waals surface area contributed by atoms with Gasteiger partial charge in [-0.05, 0) is 43.7 Å². The van der Waals surface area contributed by atoms with Gasteiger partial charge < -0.3 is 14.9 Å². The molecule has 0 aliphatic carbocycles. The Bertz CT molecular complexity index is 961. The van der Waals surface area contributed by atoms with Gasteiger partial charge in [0.2, 0.25) is 0 Å². The van der Waals surface area contributed by atoms with E-state index in [4.69, 9.17) is 4.74 Å². The molecule has 5 nitrogen and oxygen atoms in total. The van der Waals surface area contributed by atoms with Gasteiger partial charge in [0, 0.05) is 5.56 Å². The monoisotopic (exact) mass is 381 g/mol. The first kappa shape index (κ1) is 18.8. The molecule has 1 heterocycles. The highest BCUT2D eigenvalue weighted by molar-refractivity contribution is 8.18. The zero-order valence-corrected chi connectivity index (χ0v) is 15.8. The maximum absolute atomic E-state index is 12.4. The predicted octanol–water partition coefficient (Wildman–Crippen LogP) is 4.89. The summed E-state index contributed by atoms with van der Waals surface area (Å²) in [6.45, 7) is 3.77. The average molecular weight is 381 g/mol. The molecule has 0 saturated heterocycles. The lowest BCUT2D eigenvalue weighted by atomic mass is 10.1. The van der Waals surface area contributed by atoms with Gasteiger partial charge in [0.15, 0.2) is 0 Å². The van der Waals surface area contributed by atoms with Gasteiger partial charge in [0.05, 0.1) is 17.2 Å². The highest BCUT2D eigenvalue weighted by atomic mass is 32.2. The number of phenolic OH excluding ortho intramolecular Hbond substituents is 1. The molecule has 27 heavy (non-hydrogen) atoms. The van der Waals surface area contributed by atoms with Crippen LogP contribution >= 0.6 is 11.8 Å². The minimum atomic E-state index is -0.631. The lowest BCUT2D eigenvalue weighted by Gasteiger charge is -2.03. The maximum atomic E-state index is 12.4. The number of rotatable bonds is 4. The third-order valence-corrected chi connectivity index (χ3v) is 4.85. The molecule has 1 aliphatic rings. The van der Waals surface area contributed by atoms with Gasteiger partial charge in [-0.25, -0.2) is 9.79 Å². The average Bonchev–Trinajstić information content (AvgIpc) is 2.93. The fourth-order valence-electron chi connectivity index (χ4n) is 2.53. The number of ether oxygens (including phenoxy) is 1. The molecule has 0 saturated carbocycles. The molecule has 0 atom stereocenters. The normalized spacial score (nSPS) is 17.0. The molecular formula is C21H19NO4S. The third kappa shape index (κ3) is 4.23. The van der Waals surface area contributed by atoms with Crippen molar-refractivity contribution in [1.82, 2.24) is 0 Å². The van der Waals surface area contributed by atoms with Gasteiger partial charge in [0.1, 0.15) is 22.1 Å². The summed E-state index contributed by atoms with van der Waals surface area (Å²) in [6.07, 6.45) is 1.63. The number of esters is 1. The van der Waals surface area contributed by atoms with Crippen LogP contribution < -0.4 is 0 Å². The van der Waals surface area contributed by atoms with Crippen LogP contribution in [0.2, 0.25) is 0 Å². The number of aryl methyl sites for hydroxylation is 1. The standard InChI is InChI=1S/C21H19NO4S/c1-3-26-21(25)18-19(24)17(12-14-10-9-13(2)11-16(14)23)27-20(18)22-15-7-5-4-6-8-15/h4-12,23-24H,3H2,1-2H3/b17-12+,22-20?. The summed E-state index contributed by atoms with van der Waals surface area (Å²) >= 11 is 1.16. The van der Waals surface area contributed by atoms with E-state index in [9.17, 15) is 15.0 Å². The van der Waals surface area contributed by atoms with Crippen LogP contribution in [0.15, 0.2) is 69.8 Å². The van der Waals surface area contributed by atoms with Crippen molar-refractivity contribution >= 4 is 34.5 Å². The van der Waals surface area contributed by atoms with E-state index in [-0.39, 0.29) is 23.7 Å². The van der Waals surface area contributed by atoms with Crippen molar-refractivity contribution in [3.63, 3.8) is 0 Å². The van der Waals surface area contributed by atoms with Gasteiger partial charge in [0.25, 0.3) is 0 Å². The van der Waals surface area contributed by atoms with Crippen molar-refractivity contribution in [2.24, 2.45) is 4.99 Å². The number of aromatic hydroxyl groups is 1. The van der Waals surface area contributed by atoms with Crippen LogP contribution in [0, 0.1) is 6.92 Å². The number of nitrogens with zero attached hydrogens (tertiary/aromatic N) is 1. The van der Waals surface area contributed by atoms with Crippen molar-refractivity contribution in [1.29, 1.82) is 0 Å². The molecule has 2 N–H and O–H groups in total. The second-order valence-electron chi connectivity index (χ2n) is 5.87. The molecule has 0 bridgehead atoms. The summed E-state index contributed by atoms with van der Waals surface area (Å²) in [4.78, 5) is 17.3. The number of carbonyl (C=O) groups excluding carboxylic acids is 1. The summed E-state index contributed by atoms with van der Waals surface area (Å²) in [5, 5.41) is 21.1. The fourth-order valence-corrected chi connectivity index (χ4v) is 3.55. The maximum Gasteiger partial charge on any atom is 0.344 e. The molecule has 2 aromatic carbocycles. The quantitative estimate of drug-likeness (QED) is 0.737. The second kappa shape index (κ2) is 8.14. The minimum Gasteiger partial charge on any atom is -0.507 e. The van der Waals surface area contributed by atoms with E-state index in [2.05, 4.69) is 4.99 Å². The SMILES string of the molecule is CCOC(=O)C1=C(O)/C(=C\c2ccc(C)cc2O)SC1=Nc1ccccc1. The Morgan fingerprint density at radius 2 is 1.93 bits per heavy atom. The van der Waals surface area contributed by atoms with Crippen LogP contribution in [0.4, 0.5) is 5.69 Å². The fraction of sp³-hybridized carbons (Fsp3) is 0.143. The molecule has 1 aliphatic heterocycles. The first-order valence-corrected chi connectivity index (χ1v) is 9.25. The lowest BCUT2D eigenvalue weighted by molar-refractivity contribution is -0.138. The number of hydrogen-bond acceptors (Lipinski definition) is 6. The Balaban J connectivity index is 2.06. The second-order valence-corrected chi connectivity index (χ2v) is 6.90. The molecular weight excluding hydrogens is 362 g/mol. The number of thioether (sulfide) groups is 1. The molecule has 3 rings (SSSR count). The third-order valence-electron chi connectivity index (χ3n) is 3.83. The topological polar surface area (TPSA) is 79.1 Å². The van der Waals surface area contributed by atoms with E-state index in [1.807, 2.05) is 31.2 Å². The van der Waals surface area contributed by atoms with Crippen molar-refractivity contribution in [2.75, 3.05) is 6.61 Å². The Labute approximate surface area is 161 Å². The van der Waals surface area contributed by atoms with Crippen molar-refractivity contribution in [3.05, 3.63) is 75.9 Å². The van der Waals surface area contributed by atoms with E-state index in [1.165, 1.54) is 0 Å². The van der Waals surface area contributed by atoms with Gasteiger partial charge in [-0.15, -0.1) is 0 Å². The van der Waals surface area contributed by atoms with E-state index in [0.717, 1.165) is 17.3 Å². The van der Waals surface area contributed by atoms with Gasteiger partial charge in [-0.2, -0.15) is 0 Å². The number of benzene rings is 2. The molecule has 0 radical (unpaired) electrons. The van der Waals surface area contributed by atoms with Crippen molar-refractivity contribution in [3.8, 4) is 5.75 Å². The first-order chi connectivity index (χ1) is 13.0. The van der Waals surface area contributed by atoms with E-state index in [1.54, 1.807) is 37.3 Å². The van der Waals surface area contributed by atoms with E-state index in [0.29, 0.717) is 21.2 Å². The molecule has 0 amide bonds. The first-order valence-electron chi connectivity index (χ1n) is 8.43. The summed E-state index contributed by atoms with van der Waals surface area (Å²) in [5.74, 6) is -0.733. The molecule has 0 unspecified atom stereocenters. The predicted molar refractivity (Wildman–Crippen MR) is 108 cm³/mol. The van der Waals surface area contributed by atoms with Crippen LogP contribution in [0.5, 0.6) is 5.75 Å². The number of aliphatic imine (C=N–C) groups is 1. The van der Waals surface area contributed by atoms with Crippen LogP contribution in [0.3, 0.4) is 0 Å². The minimum absolute atomic E-state index is 0.0311. The number of phenols is 1. The van der Waals surface area contributed by atoms with E-state index < -0.39 is 5.97 Å². The Morgan fingerprint density at radius 1 is 1.19 bits per heavy atom. The number of carbonyl (C=O) groups is 1. The molecule has 0 spiro atoms. The number of hydrogen-bond donors (Lipinski definition) is 2. The number of aliphatic hydroxyl groups is 1. The Hall–Kier alpha value is -2.99. The van der Waals surface area contributed by atoms with Crippen LogP contribution in [0.1, 0.15) is 18.1 Å². The number of para-hydroxylation sites is 1. The molecule has 0 aromatic heterocycles. The zero-order valence-electron chi connectivity index (χ0n) is 15.0.